The van der Waals surface area contributed by atoms with E-state index in [2.05, 4.69) is 51.7 Å². The van der Waals surface area contributed by atoms with Gasteiger partial charge in [-0.3, -0.25) is 9.36 Å². The molecule has 1 amide bonds. The maximum Gasteiger partial charge on any atom is 0.233 e. The molecule has 8 heteroatoms. The molecule has 29 heavy (non-hydrogen) atoms. The van der Waals surface area contributed by atoms with Crippen LogP contribution in [-0.4, -0.2) is 64.2 Å². The average Bonchev–Trinajstić information content (AvgIpc) is 3.14. The first kappa shape index (κ1) is 20.2. The molecule has 2 aliphatic rings. The fraction of sp³-hybridized carbons (Fsp3) is 0.571. The second-order valence-corrected chi connectivity index (χ2v) is 8.95. The number of hydrogen-bond acceptors (Lipinski definition) is 6. The molecule has 7 nitrogen and oxygen atoms in total. The molecular formula is C21H29N5O2S. The van der Waals surface area contributed by atoms with Crippen LogP contribution in [0.5, 0.6) is 0 Å². The predicted octanol–water partition coefficient (Wildman–Crippen LogP) is 2.45. The Kier molecular flexibility index (Phi) is 6.40. The Bertz CT molecular complexity index is 847. The van der Waals surface area contributed by atoms with Gasteiger partial charge in [-0.25, -0.2) is 0 Å². The Hall–Kier alpha value is -2.06. The van der Waals surface area contributed by atoms with Gasteiger partial charge in [-0.2, -0.15) is 0 Å². The number of amides is 1. The molecule has 1 saturated heterocycles. The lowest BCUT2D eigenvalue weighted by molar-refractivity contribution is -0.129. The van der Waals surface area contributed by atoms with Crippen LogP contribution in [0.1, 0.15) is 25.0 Å². The molecule has 0 bridgehead atoms. The largest absolute Gasteiger partial charge is 0.378 e. The number of hydrogen-bond donors (Lipinski definition) is 0. The number of fused-ring (bicyclic) bond motifs is 1. The minimum atomic E-state index is 0.163. The van der Waals surface area contributed by atoms with Crippen molar-refractivity contribution in [2.45, 2.75) is 38.5 Å². The van der Waals surface area contributed by atoms with Gasteiger partial charge in [0.2, 0.25) is 11.9 Å². The molecule has 0 spiro atoms. The lowest BCUT2D eigenvalue weighted by Crippen LogP contribution is -2.38. The van der Waals surface area contributed by atoms with Gasteiger partial charge in [0, 0.05) is 32.7 Å². The van der Waals surface area contributed by atoms with E-state index in [1.165, 1.54) is 22.9 Å². The molecule has 0 N–H and O–H groups in total. The number of morpholine rings is 1. The summed E-state index contributed by atoms with van der Waals surface area (Å²) in [6, 6.07) is 8.39. The van der Waals surface area contributed by atoms with E-state index >= 15 is 0 Å². The van der Waals surface area contributed by atoms with Crippen LogP contribution in [0.2, 0.25) is 0 Å². The van der Waals surface area contributed by atoms with Gasteiger partial charge in [-0.05, 0) is 23.5 Å². The van der Waals surface area contributed by atoms with E-state index in [4.69, 9.17) is 4.74 Å². The van der Waals surface area contributed by atoms with Gasteiger partial charge in [0.05, 0.1) is 19.0 Å². The van der Waals surface area contributed by atoms with Crippen LogP contribution in [0, 0.1) is 5.92 Å². The highest BCUT2D eigenvalue weighted by atomic mass is 32.2. The topological polar surface area (TPSA) is 63.5 Å². The van der Waals surface area contributed by atoms with Crippen LogP contribution >= 0.6 is 11.8 Å². The van der Waals surface area contributed by atoms with Gasteiger partial charge >= 0.3 is 0 Å². The Morgan fingerprint density at radius 3 is 2.66 bits per heavy atom. The summed E-state index contributed by atoms with van der Waals surface area (Å²) in [7, 11) is 0. The maximum atomic E-state index is 12.8. The maximum absolute atomic E-state index is 12.8. The van der Waals surface area contributed by atoms with Crippen LogP contribution in [0.25, 0.3) is 0 Å². The molecule has 1 fully saturated rings. The first-order valence-corrected chi connectivity index (χ1v) is 11.3. The van der Waals surface area contributed by atoms with Crippen LogP contribution in [0.15, 0.2) is 29.4 Å². The summed E-state index contributed by atoms with van der Waals surface area (Å²) in [5, 5.41) is 9.70. The second-order valence-electron chi connectivity index (χ2n) is 8.01. The minimum absolute atomic E-state index is 0.163. The van der Waals surface area contributed by atoms with E-state index in [0.29, 0.717) is 31.4 Å². The number of anilines is 1. The van der Waals surface area contributed by atoms with Crippen molar-refractivity contribution in [3.8, 4) is 0 Å². The molecule has 3 heterocycles. The molecule has 0 radical (unpaired) electrons. The zero-order valence-electron chi connectivity index (χ0n) is 17.2. The molecule has 156 valence electrons. The van der Waals surface area contributed by atoms with Crippen molar-refractivity contribution in [1.82, 2.24) is 19.7 Å². The molecule has 2 aromatic rings. The van der Waals surface area contributed by atoms with Crippen molar-refractivity contribution in [1.29, 1.82) is 0 Å². The highest BCUT2D eigenvalue weighted by Gasteiger charge is 2.24. The summed E-state index contributed by atoms with van der Waals surface area (Å²) < 4.78 is 7.63. The molecular weight excluding hydrogens is 386 g/mol. The van der Waals surface area contributed by atoms with Crippen LogP contribution in [0.3, 0.4) is 0 Å². The van der Waals surface area contributed by atoms with Gasteiger partial charge in [0.1, 0.15) is 0 Å². The van der Waals surface area contributed by atoms with Crippen molar-refractivity contribution >= 4 is 23.6 Å². The quantitative estimate of drug-likeness (QED) is 0.676. The smallest absolute Gasteiger partial charge is 0.233 e. The van der Waals surface area contributed by atoms with E-state index in [9.17, 15) is 4.79 Å². The standard InChI is InChI=1S/C21H29N5O2S/c1-16(2)13-26-20(24-9-11-28-12-10-24)22-23-21(26)29-15-19(27)25-8-7-17-5-3-4-6-18(17)14-25/h3-6,16H,7-15H2,1-2H3. The molecule has 1 aromatic carbocycles. The number of aromatic nitrogens is 3. The summed E-state index contributed by atoms with van der Waals surface area (Å²) in [4.78, 5) is 17.0. The summed E-state index contributed by atoms with van der Waals surface area (Å²) in [5.74, 6) is 1.92. The van der Waals surface area contributed by atoms with Gasteiger partial charge in [-0.1, -0.05) is 49.9 Å². The molecule has 0 atom stereocenters. The lowest BCUT2D eigenvalue weighted by Gasteiger charge is -2.29. The van der Waals surface area contributed by atoms with E-state index in [1.54, 1.807) is 0 Å². The van der Waals surface area contributed by atoms with Gasteiger partial charge in [0.15, 0.2) is 5.16 Å². The summed E-state index contributed by atoms with van der Waals surface area (Å²) >= 11 is 1.50. The third-order valence-electron chi connectivity index (χ3n) is 5.35. The second kappa shape index (κ2) is 9.17. The number of thioether (sulfide) groups is 1. The fourth-order valence-corrected chi connectivity index (χ4v) is 4.68. The summed E-state index contributed by atoms with van der Waals surface area (Å²) in [5.41, 5.74) is 2.62. The molecule has 0 saturated carbocycles. The lowest BCUT2D eigenvalue weighted by atomic mass is 10.00. The van der Waals surface area contributed by atoms with Crippen molar-refractivity contribution < 1.29 is 9.53 Å². The van der Waals surface area contributed by atoms with Crippen LogP contribution < -0.4 is 4.90 Å². The molecule has 0 aliphatic carbocycles. The van der Waals surface area contributed by atoms with Crippen molar-refractivity contribution in [3.63, 3.8) is 0 Å². The predicted molar refractivity (Wildman–Crippen MR) is 114 cm³/mol. The highest BCUT2D eigenvalue weighted by Crippen LogP contribution is 2.25. The number of carbonyl (C=O) groups excluding carboxylic acids is 1. The van der Waals surface area contributed by atoms with Crippen molar-refractivity contribution in [2.24, 2.45) is 5.92 Å². The van der Waals surface area contributed by atoms with E-state index in [0.717, 1.165) is 43.7 Å². The zero-order chi connectivity index (χ0) is 20.2. The normalized spacial score (nSPS) is 16.9. The average molecular weight is 416 g/mol. The van der Waals surface area contributed by atoms with Crippen molar-refractivity contribution in [2.75, 3.05) is 43.5 Å². The van der Waals surface area contributed by atoms with Gasteiger partial charge < -0.3 is 14.5 Å². The first-order valence-electron chi connectivity index (χ1n) is 10.3. The van der Waals surface area contributed by atoms with E-state index < -0.39 is 0 Å². The van der Waals surface area contributed by atoms with Crippen LogP contribution in [-0.2, 0) is 29.0 Å². The molecule has 1 aromatic heterocycles. The number of nitrogens with zero attached hydrogens (tertiary/aromatic N) is 5. The third kappa shape index (κ3) is 4.75. The van der Waals surface area contributed by atoms with E-state index in [-0.39, 0.29) is 5.91 Å². The number of benzene rings is 1. The minimum Gasteiger partial charge on any atom is -0.378 e. The molecule has 2 aliphatic heterocycles. The number of rotatable bonds is 6. The Morgan fingerprint density at radius 1 is 1.14 bits per heavy atom. The number of ether oxygens (including phenoxy) is 1. The Labute approximate surface area is 176 Å². The van der Waals surface area contributed by atoms with Crippen LogP contribution in [0.4, 0.5) is 5.95 Å². The number of carbonyl (C=O) groups is 1. The van der Waals surface area contributed by atoms with Gasteiger partial charge in [-0.15, -0.1) is 10.2 Å². The monoisotopic (exact) mass is 415 g/mol. The molecule has 0 unspecified atom stereocenters. The molecule has 4 rings (SSSR count). The Morgan fingerprint density at radius 2 is 1.90 bits per heavy atom. The van der Waals surface area contributed by atoms with Crippen molar-refractivity contribution in [3.05, 3.63) is 35.4 Å². The first-order chi connectivity index (χ1) is 14.1. The van der Waals surface area contributed by atoms with E-state index in [1.807, 2.05) is 11.0 Å². The highest BCUT2D eigenvalue weighted by molar-refractivity contribution is 7.99. The fourth-order valence-electron chi connectivity index (χ4n) is 3.84. The summed E-state index contributed by atoms with van der Waals surface area (Å²) in [6.45, 7) is 9.79. The summed E-state index contributed by atoms with van der Waals surface area (Å²) in [6.07, 6.45) is 0.928. The SMILES string of the molecule is CC(C)Cn1c(SCC(=O)N2CCc3ccccc3C2)nnc1N1CCOCC1. The third-order valence-corrected chi connectivity index (χ3v) is 6.30. The zero-order valence-corrected chi connectivity index (χ0v) is 18.0. The van der Waals surface area contributed by atoms with Gasteiger partial charge in [0.25, 0.3) is 0 Å². The Balaban J connectivity index is 1.42.